The summed E-state index contributed by atoms with van der Waals surface area (Å²) in [6, 6.07) is 4.17. The minimum atomic E-state index is -0.250. The van der Waals surface area contributed by atoms with Crippen molar-refractivity contribution in [3.8, 4) is 5.75 Å². The fraction of sp³-hybridized carbons (Fsp3) is 0.654. The van der Waals surface area contributed by atoms with Crippen molar-refractivity contribution < 1.29 is 14.3 Å². The zero-order valence-electron chi connectivity index (χ0n) is 20.2. The lowest BCUT2D eigenvalue weighted by Gasteiger charge is -2.56. The predicted octanol–water partition coefficient (Wildman–Crippen LogP) is 4.50. The van der Waals surface area contributed by atoms with Gasteiger partial charge in [0.25, 0.3) is 0 Å². The molecule has 1 aromatic carbocycles. The van der Waals surface area contributed by atoms with Crippen LogP contribution in [0.3, 0.4) is 0 Å². The highest BCUT2D eigenvalue weighted by Gasteiger charge is 2.52. The average molecular weight is 440 g/mol. The van der Waals surface area contributed by atoms with Crippen molar-refractivity contribution in [2.24, 2.45) is 5.92 Å². The van der Waals surface area contributed by atoms with Gasteiger partial charge in [0.05, 0.1) is 5.56 Å². The van der Waals surface area contributed by atoms with Crippen molar-refractivity contribution in [3.63, 3.8) is 0 Å². The van der Waals surface area contributed by atoms with Crippen LogP contribution in [0.1, 0.15) is 67.6 Å². The van der Waals surface area contributed by atoms with Crippen LogP contribution in [0.25, 0.3) is 10.9 Å². The van der Waals surface area contributed by atoms with Crippen molar-refractivity contribution in [1.82, 2.24) is 14.8 Å². The zero-order valence-corrected chi connectivity index (χ0v) is 20.2. The van der Waals surface area contributed by atoms with E-state index >= 15 is 0 Å². The number of rotatable bonds is 4. The molecule has 2 saturated heterocycles. The van der Waals surface area contributed by atoms with E-state index in [0.717, 1.165) is 48.3 Å². The fourth-order valence-electron chi connectivity index (χ4n) is 5.91. The third-order valence-corrected chi connectivity index (χ3v) is 8.29. The van der Waals surface area contributed by atoms with E-state index in [1.807, 2.05) is 21.0 Å². The first-order chi connectivity index (χ1) is 15.2. The fourth-order valence-corrected chi connectivity index (χ4v) is 5.91. The zero-order chi connectivity index (χ0) is 22.7. The molecule has 1 aromatic heterocycles. The summed E-state index contributed by atoms with van der Waals surface area (Å²) in [6.45, 7) is 8.74. The van der Waals surface area contributed by atoms with E-state index in [9.17, 15) is 4.79 Å². The van der Waals surface area contributed by atoms with E-state index in [4.69, 9.17) is 9.47 Å². The number of piperidine rings is 2. The van der Waals surface area contributed by atoms with Gasteiger partial charge in [-0.15, -0.1) is 0 Å². The third kappa shape index (κ3) is 3.34. The molecule has 0 amide bonds. The van der Waals surface area contributed by atoms with Crippen molar-refractivity contribution in [2.75, 3.05) is 33.8 Å². The number of hydrogen-bond donors (Lipinski definition) is 1. The molecule has 5 rings (SSSR count). The first-order valence-corrected chi connectivity index (χ1v) is 12.2. The Balaban J connectivity index is 1.53. The topological polar surface area (TPSA) is 57.8 Å². The lowest BCUT2D eigenvalue weighted by atomic mass is 9.74. The smallest absolute Gasteiger partial charge is 0.340 e. The second-order valence-corrected chi connectivity index (χ2v) is 10.8. The van der Waals surface area contributed by atoms with Crippen molar-refractivity contribution in [3.05, 3.63) is 29.0 Å². The van der Waals surface area contributed by atoms with E-state index in [2.05, 4.69) is 40.8 Å². The Kier molecular flexibility index (Phi) is 5.29. The molecule has 4 heterocycles. The maximum absolute atomic E-state index is 13.3. The highest BCUT2D eigenvalue weighted by Crippen LogP contribution is 2.50. The summed E-state index contributed by atoms with van der Waals surface area (Å²) in [4.78, 5) is 21.4. The molecule has 2 aromatic rings. The molecule has 1 spiro atoms. The Hall–Kier alpha value is -2.05. The molecule has 32 heavy (non-hydrogen) atoms. The average Bonchev–Trinajstić information content (AvgIpc) is 3.11. The van der Waals surface area contributed by atoms with Gasteiger partial charge in [-0.2, -0.15) is 0 Å². The maximum atomic E-state index is 13.3. The second-order valence-electron chi connectivity index (χ2n) is 10.8. The number of hydrogen-bond acceptors (Lipinski definition) is 5. The Morgan fingerprint density at radius 3 is 2.84 bits per heavy atom. The van der Waals surface area contributed by atoms with Gasteiger partial charge in [-0.3, -0.25) is 4.90 Å². The molecule has 6 heteroatoms. The number of carbonyl (C=O) groups is 1. The molecule has 0 radical (unpaired) electrons. The first kappa shape index (κ1) is 21.8. The quantitative estimate of drug-likeness (QED) is 0.711. The molecule has 3 aliphatic rings. The molecule has 3 aliphatic heterocycles. The number of aryl methyl sites for hydroxylation is 1. The van der Waals surface area contributed by atoms with Crippen LogP contribution in [0.2, 0.25) is 0 Å². The highest BCUT2D eigenvalue weighted by molar-refractivity contribution is 6.07. The third-order valence-electron chi connectivity index (χ3n) is 8.29. The molecule has 2 atom stereocenters. The van der Waals surface area contributed by atoms with Crippen LogP contribution in [0, 0.1) is 12.8 Å². The van der Waals surface area contributed by atoms with Gasteiger partial charge < -0.3 is 19.4 Å². The van der Waals surface area contributed by atoms with Gasteiger partial charge in [-0.25, -0.2) is 4.79 Å². The normalized spacial score (nSPS) is 25.8. The van der Waals surface area contributed by atoms with Crippen LogP contribution in [0.5, 0.6) is 5.75 Å². The van der Waals surface area contributed by atoms with Crippen LogP contribution in [0.15, 0.2) is 12.1 Å². The second kappa shape index (κ2) is 7.77. The largest absolute Gasteiger partial charge is 0.472 e. The van der Waals surface area contributed by atoms with E-state index in [1.165, 1.54) is 31.2 Å². The Bertz CT molecular complexity index is 1040. The lowest BCUT2D eigenvalue weighted by molar-refractivity contribution is -0.177. The van der Waals surface area contributed by atoms with Gasteiger partial charge >= 0.3 is 5.97 Å². The summed E-state index contributed by atoms with van der Waals surface area (Å²) in [7, 11) is 4.01. The number of H-pyrrole nitrogens is 1. The summed E-state index contributed by atoms with van der Waals surface area (Å²) in [5.74, 6) is 1.17. The number of ether oxygens (including phenoxy) is 2. The van der Waals surface area contributed by atoms with Gasteiger partial charge in [0.2, 0.25) is 0 Å². The highest BCUT2D eigenvalue weighted by atomic mass is 16.5. The molecule has 2 fully saturated rings. The minimum absolute atomic E-state index is 0.154. The lowest BCUT2D eigenvalue weighted by Crippen LogP contribution is -2.64. The number of fused-ring (bicyclic) bond motifs is 3. The molecule has 1 N–H and O–H groups in total. The SMILES string of the molecule is Cc1[nH]c2ccc3c(c2c1C(=O)OCC(C)(C)N(C)C)CC1CCCN2CCCCC12O3. The first-order valence-electron chi connectivity index (χ1n) is 12.2. The Morgan fingerprint density at radius 2 is 2.06 bits per heavy atom. The van der Waals surface area contributed by atoms with Gasteiger partial charge in [0, 0.05) is 53.1 Å². The maximum Gasteiger partial charge on any atom is 0.340 e. The number of nitrogens with zero attached hydrogens (tertiary/aromatic N) is 2. The van der Waals surface area contributed by atoms with Crippen molar-refractivity contribution >= 4 is 16.9 Å². The van der Waals surface area contributed by atoms with Gasteiger partial charge in [-0.1, -0.05) is 0 Å². The minimum Gasteiger partial charge on any atom is -0.472 e. The summed E-state index contributed by atoms with van der Waals surface area (Å²) >= 11 is 0. The van der Waals surface area contributed by atoms with Crippen LogP contribution < -0.4 is 4.74 Å². The Labute approximate surface area is 191 Å². The standard InChI is InChI=1S/C26H37N3O3/c1-17-22(24(30)31-16-25(2,3)28(4)5)23-19-15-18-9-8-14-29-13-7-6-12-26(18,29)32-21(19)11-10-20(23)27-17/h10-11,18,27H,6-9,12-16H2,1-5H3. The van der Waals surface area contributed by atoms with Crippen LogP contribution in [-0.2, 0) is 11.2 Å². The molecular weight excluding hydrogens is 402 g/mol. The van der Waals surface area contributed by atoms with E-state index in [-0.39, 0.29) is 17.2 Å². The Morgan fingerprint density at radius 1 is 1.28 bits per heavy atom. The predicted molar refractivity (Wildman–Crippen MR) is 126 cm³/mol. The number of carbonyl (C=O) groups excluding carboxylic acids is 1. The number of esters is 1. The molecule has 0 bridgehead atoms. The number of benzene rings is 1. The molecule has 6 nitrogen and oxygen atoms in total. The molecular formula is C26H37N3O3. The van der Waals surface area contributed by atoms with E-state index < -0.39 is 0 Å². The monoisotopic (exact) mass is 439 g/mol. The molecule has 0 aliphatic carbocycles. The summed E-state index contributed by atoms with van der Waals surface area (Å²) in [6.07, 6.45) is 6.97. The van der Waals surface area contributed by atoms with E-state index in [1.54, 1.807) is 0 Å². The molecule has 2 unspecified atom stereocenters. The van der Waals surface area contributed by atoms with Gasteiger partial charge in [0.15, 0.2) is 5.72 Å². The summed E-state index contributed by atoms with van der Waals surface area (Å²) in [5.41, 5.74) is 3.33. The summed E-state index contributed by atoms with van der Waals surface area (Å²) in [5, 5.41) is 0.996. The van der Waals surface area contributed by atoms with Gasteiger partial charge in [-0.05, 0) is 79.1 Å². The number of aromatic nitrogens is 1. The number of nitrogens with one attached hydrogen (secondary N) is 1. The van der Waals surface area contributed by atoms with Crippen LogP contribution >= 0.6 is 0 Å². The molecule has 174 valence electrons. The van der Waals surface area contributed by atoms with Crippen molar-refractivity contribution in [2.45, 2.75) is 70.6 Å². The van der Waals surface area contributed by atoms with Crippen LogP contribution in [-0.4, -0.2) is 65.8 Å². The number of likely N-dealkylation sites (N-methyl/N-ethyl adjacent to an activating group) is 1. The van der Waals surface area contributed by atoms with E-state index in [0.29, 0.717) is 18.1 Å². The number of aromatic amines is 1. The van der Waals surface area contributed by atoms with Gasteiger partial charge in [0.1, 0.15) is 12.4 Å². The van der Waals surface area contributed by atoms with Crippen molar-refractivity contribution in [1.29, 1.82) is 0 Å². The van der Waals surface area contributed by atoms with Crippen LogP contribution in [0.4, 0.5) is 0 Å². The molecule has 0 saturated carbocycles. The summed E-state index contributed by atoms with van der Waals surface area (Å²) < 4.78 is 12.7.